The molecule has 6 N–H and O–H groups in total. The molecule has 2 saturated heterocycles. The van der Waals surface area contributed by atoms with Crippen LogP contribution in [0.5, 0.6) is 11.5 Å². The maximum Gasteiger partial charge on any atom is 0.424 e. The minimum absolute atomic E-state index is 0.0130. The van der Waals surface area contributed by atoms with E-state index in [9.17, 15) is 45.6 Å². The number of imide groups is 4. The molecule has 0 radical (unpaired) electrons. The van der Waals surface area contributed by atoms with Crippen molar-refractivity contribution in [3.05, 3.63) is 149 Å². The molecule has 2 aliphatic heterocycles. The Labute approximate surface area is 596 Å². The maximum atomic E-state index is 12.8. The zero-order chi connectivity index (χ0) is 74.6. The molecule has 4 aromatic carbocycles. The first-order valence-corrected chi connectivity index (χ1v) is 36.8. The number of benzene rings is 4. The quantitative estimate of drug-likeness (QED) is 0.0174. The molecular weight excluding hydrogens is 1370 g/mol. The number of nitrogens with zero attached hydrogens (tertiary/aromatic N) is 7. The molecule has 2 atom stereocenters. The summed E-state index contributed by atoms with van der Waals surface area (Å²) < 4.78 is 98.7. The molecule has 8 aromatic rings. The van der Waals surface area contributed by atoms with E-state index in [0.717, 1.165) is 57.3 Å². The summed E-state index contributed by atoms with van der Waals surface area (Å²) >= 11 is 0. The van der Waals surface area contributed by atoms with Crippen molar-refractivity contribution in [3.63, 3.8) is 0 Å². The number of nitrogen functional groups attached to an aromatic ring is 1. The smallest absolute Gasteiger partial charge is 0.424 e. The lowest BCUT2D eigenvalue weighted by Gasteiger charge is -2.31. The van der Waals surface area contributed by atoms with Crippen LogP contribution in [0.25, 0.3) is 33.5 Å². The van der Waals surface area contributed by atoms with E-state index in [1.165, 1.54) is 0 Å². The lowest BCUT2D eigenvalue weighted by Crippen LogP contribution is -2.49. The highest BCUT2D eigenvalue weighted by atomic mass is 32.2. The number of ether oxygens (including phenoxy) is 8. The van der Waals surface area contributed by atoms with Gasteiger partial charge in [-0.3, -0.25) is 47.5 Å². The van der Waals surface area contributed by atoms with E-state index in [-0.39, 0.29) is 50.4 Å². The number of carbonyl (C=O) groups excluding carboxylic acids is 6. The third-order valence-corrected chi connectivity index (χ3v) is 17.0. The van der Waals surface area contributed by atoms with Gasteiger partial charge in [-0.25, -0.2) is 21.6 Å². The molecule has 0 saturated carbocycles. The minimum atomic E-state index is -3.47. The van der Waals surface area contributed by atoms with Gasteiger partial charge < -0.3 is 48.7 Å². The second kappa shape index (κ2) is 36.3. The molecule has 2 fully saturated rings. The molecule has 2 aliphatic rings. The zero-order valence-corrected chi connectivity index (χ0v) is 60.5. The SMILES string of the molecule is CC(C)(C)OC(=O)N1C(=O)CCC(c2ccc(OCCOCCOCCO)cc2)C1=O.Cc1ccc(-c2cc(CC(=O)OCCOCCOCCOc3ccc(C4CCC(=O)NC4=O)cc3)c3nnc(C)n3c2)cc1NS(C)(=O)=O.Cc1ccc(-c2cc(N)c3nnc(C)n3c2)cc1NS(C)(=O)=O. The van der Waals surface area contributed by atoms with Crippen LogP contribution in [0.4, 0.5) is 21.9 Å². The molecule has 2 unspecified atom stereocenters. The minimum Gasteiger partial charge on any atom is -0.491 e. The van der Waals surface area contributed by atoms with Gasteiger partial charge >= 0.3 is 12.1 Å². The summed E-state index contributed by atoms with van der Waals surface area (Å²) in [5, 5.41) is 27.4. The van der Waals surface area contributed by atoms with Crippen molar-refractivity contribution in [2.24, 2.45) is 0 Å². The summed E-state index contributed by atoms with van der Waals surface area (Å²) in [4.78, 5) is 74.1. The number of nitrogens with one attached hydrogen (secondary N) is 3. The summed E-state index contributed by atoms with van der Waals surface area (Å²) in [7, 11) is -6.80. The van der Waals surface area contributed by atoms with Crippen molar-refractivity contribution in [2.75, 3.05) is 107 Å². The van der Waals surface area contributed by atoms with Gasteiger partial charge in [0.25, 0.3) is 0 Å². The van der Waals surface area contributed by atoms with Crippen molar-refractivity contribution in [1.29, 1.82) is 0 Å². The number of nitrogens with two attached hydrogens (primary N) is 1. The van der Waals surface area contributed by atoms with Gasteiger partial charge in [0, 0.05) is 36.4 Å². The normalized spacial score (nSPS) is 14.8. The topological polar surface area (TPSA) is 390 Å². The summed E-state index contributed by atoms with van der Waals surface area (Å²) in [6.07, 6.45) is 6.24. The number of esters is 1. The third-order valence-electron chi connectivity index (χ3n) is 15.8. The largest absolute Gasteiger partial charge is 0.491 e. The van der Waals surface area contributed by atoms with Crippen molar-refractivity contribution < 1.29 is 88.6 Å². The Kier molecular flexibility index (Phi) is 27.7. The van der Waals surface area contributed by atoms with Gasteiger partial charge in [-0.2, -0.15) is 4.90 Å². The monoisotopic (exact) mass is 1460 g/mol. The molecule has 0 aliphatic carbocycles. The molecule has 552 valence electrons. The second-order valence-corrected chi connectivity index (χ2v) is 28.7. The van der Waals surface area contributed by atoms with E-state index >= 15 is 0 Å². The number of hydrogen-bond acceptors (Lipinski definition) is 24. The molecular formula is C71H87N11O19S2. The van der Waals surface area contributed by atoms with Crippen LogP contribution >= 0.6 is 0 Å². The Morgan fingerprint density at radius 1 is 0.583 bits per heavy atom. The van der Waals surface area contributed by atoms with Gasteiger partial charge in [-0.15, -0.1) is 20.4 Å². The molecule has 0 bridgehead atoms. The fourth-order valence-corrected chi connectivity index (χ4v) is 12.0. The van der Waals surface area contributed by atoms with Crippen molar-refractivity contribution in [2.45, 2.75) is 98.0 Å². The number of carbonyl (C=O) groups is 6. The zero-order valence-electron chi connectivity index (χ0n) is 58.9. The van der Waals surface area contributed by atoms with Crippen LogP contribution in [0.3, 0.4) is 0 Å². The predicted molar refractivity (Wildman–Crippen MR) is 381 cm³/mol. The number of aryl methyl sites for hydroxylation is 4. The van der Waals surface area contributed by atoms with Crippen molar-refractivity contribution in [1.82, 2.24) is 39.4 Å². The number of hydrogen-bond donors (Lipinski definition) is 5. The molecule has 30 nitrogen and oxygen atoms in total. The van der Waals surface area contributed by atoms with Crippen LogP contribution in [0.15, 0.2) is 109 Å². The van der Waals surface area contributed by atoms with Crippen LogP contribution in [-0.4, -0.2) is 189 Å². The number of aliphatic hydroxyl groups is 1. The van der Waals surface area contributed by atoms with Crippen LogP contribution in [0, 0.1) is 27.7 Å². The van der Waals surface area contributed by atoms with E-state index in [1.807, 2.05) is 80.0 Å². The number of fused-ring (bicyclic) bond motifs is 2. The van der Waals surface area contributed by atoms with E-state index in [1.54, 1.807) is 86.7 Å². The highest BCUT2D eigenvalue weighted by Gasteiger charge is 2.41. The number of aliphatic hydroxyl groups excluding tert-OH is 1. The van der Waals surface area contributed by atoms with Crippen molar-refractivity contribution in [3.8, 4) is 33.8 Å². The molecule has 0 spiro atoms. The molecule has 4 aromatic heterocycles. The number of likely N-dealkylation sites (tertiary alicyclic amines) is 1. The van der Waals surface area contributed by atoms with Gasteiger partial charge in [0.15, 0.2) is 11.3 Å². The Morgan fingerprint density at radius 2 is 1.05 bits per heavy atom. The fraction of sp³-hybridized carbons (Fsp3) is 0.408. The number of rotatable bonds is 29. The number of pyridine rings is 2. The van der Waals surface area contributed by atoms with Crippen LogP contribution < -0.4 is 30.0 Å². The number of amides is 5. The van der Waals surface area contributed by atoms with Gasteiger partial charge in [0.2, 0.25) is 43.7 Å². The highest BCUT2D eigenvalue weighted by molar-refractivity contribution is 7.92. The second-order valence-electron chi connectivity index (χ2n) is 25.2. The maximum absolute atomic E-state index is 12.8. The van der Waals surface area contributed by atoms with Crippen LogP contribution in [-0.2, 0) is 78.9 Å². The Morgan fingerprint density at radius 3 is 1.55 bits per heavy atom. The highest BCUT2D eigenvalue weighted by Crippen LogP contribution is 2.34. The van der Waals surface area contributed by atoms with E-state index in [0.29, 0.717) is 140 Å². The average molecular weight is 1460 g/mol. The molecule has 6 heterocycles. The molecule has 10 rings (SSSR count). The Hall–Kier alpha value is -9.96. The fourth-order valence-electron chi connectivity index (χ4n) is 10.7. The van der Waals surface area contributed by atoms with Gasteiger partial charge in [-0.05, 0) is 149 Å². The summed E-state index contributed by atoms with van der Waals surface area (Å²) in [5.74, 6) is -0.376. The summed E-state index contributed by atoms with van der Waals surface area (Å²) in [5.41, 5.74) is 14.9. The first kappa shape index (κ1) is 78.8. The lowest BCUT2D eigenvalue weighted by molar-refractivity contribution is -0.148. The Balaban J connectivity index is 0.000000212. The standard InChI is InChI=1S/C34H39N5O9S.C22H31NO8.C15H17N5O2S/c1-22-4-5-25(19-30(22)38-49(3,43)44)27-18-26(33-37-36-23(2)39(33)21-27)20-32(41)48-17-15-46-13-12-45-14-16-47-28-8-6-24(7-9-28)29-10-11-31(40)35-34(29)42;1-22(2,3)31-21(27)23-19(25)9-8-18(20(23)26)16-4-6-17(7-5-16)30-15-14-29-13-12-28-11-10-24;1-9-4-5-11(7-14(9)19-23(3,21)22)12-6-13(16)15-18-17-10(2)20(15)8-12/h4-9,18-19,21,29,38H,10-17,20H2,1-3H3,(H,35,40,42);4-7,18,24H,8-15H2,1-3H3;4-8,19H,16H2,1-3H3. The molecule has 103 heavy (non-hydrogen) atoms. The number of aromatic nitrogens is 6. The number of sulfonamides is 2. The van der Waals surface area contributed by atoms with Gasteiger partial charge in [0.05, 0.1) is 107 Å². The van der Waals surface area contributed by atoms with Crippen LogP contribution in [0.1, 0.15) is 97.8 Å². The van der Waals surface area contributed by atoms with Gasteiger partial charge in [0.1, 0.15) is 48.6 Å². The van der Waals surface area contributed by atoms with E-state index < -0.39 is 55.4 Å². The van der Waals surface area contributed by atoms with Gasteiger partial charge in [-0.1, -0.05) is 48.5 Å². The predicted octanol–water partition coefficient (Wildman–Crippen LogP) is 7.33. The first-order chi connectivity index (χ1) is 48.9. The summed E-state index contributed by atoms with van der Waals surface area (Å²) in [6, 6.07) is 28.9. The van der Waals surface area contributed by atoms with E-state index in [2.05, 4.69) is 35.2 Å². The van der Waals surface area contributed by atoms with Crippen LogP contribution in [0.2, 0.25) is 0 Å². The average Bonchev–Trinajstić information content (AvgIpc) is 1.75. The Bertz CT molecular complexity index is 4540. The number of piperidine rings is 2. The summed E-state index contributed by atoms with van der Waals surface area (Å²) in [6.45, 7) is 15.8. The lowest BCUT2D eigenvalue weighted by atomic mass is 9.89. The molecule has 5 amide bonds. The third kappa shape index (κ3) is 23.5. The first-order valence-electron chi connectivity index (χ1n) is 33.0. The molecule has 32 heteroatoms. The number of anilines is 3. The van der Waals surface area contributed by atoms with E-state index in [4.69, 9.17) is 48.7 Å². The van der Waals surface area contributed by atoms with Crippen molar-refractivity contribution >= 4 is 84.1 Å².